The first kappa shape index (κ1) is 11.8. The van der Waals surface area contributed by atoms with Crippen molar-refractivity contribution in [2.75, 3.05) is 19.8 Å². The zero-order valence-corrected chi connectivity index (χ0v) is 10.6. The lowest BCUT2D eigenvalue weighted by Gasteiger charge is -2.28. The Morgan fingerprint density at radius 1 is 1.28 bits per heavy atom. The Morgan fingerprint density at radius 3 is 2.89 bits per heavy atom. The molecule has 1 aromatic rings. The summed E-state index contributed by atoms with van der Waals surface area (Å²) in [5.41, 5.74) is 0. The fourth-order valence-electron chi connectivity index (χ4n) is 2.45. The van der Waals surface area contributed by atoms with Crippen molar-refractivity contribution in [1.82, 2.24) is 5.32 Å². The topological polar surface area (TPSA) is 39.7 Å². The van der Waals surface area contributed by atoms with E-state index in [0.29, 0.717) is 18.8 Å². The van der Waals surface area contributed by atoms with Gasteiger partial charge in [-0.3, -0.25) is 0 Å². The van der Waals surface area contributed by atoms with Crippen molar-refractivity contribution in [3.63, 3.8) is 0 Å². The summed E-state index contributed by atoms with van der Waals surface area (Å²) < 4.78 is 17.1. The van der Waals surface area contributed by atoms with E-state index >= 15 is 0 Å². The van der Waals surface area contributed by atoms with E-state index in [-0.39, 0.29) is 6.10 Å². The van der Waals surface area contributed by atoms with Gasteiger partial charge in [-0.15, -0.1) is 0 Å². The number of nitrogens with one attached hydrogen (secondary N) is 1. The molecule has 3 unspecified atom stereocenters. The van der Waals surface area contributed by atoms with Crippen molar-refractivity contribution in [2.24, 2.45) is 0 Å². The number of rotatable bonds is 3. The summed E-state index contributed by atoms with van der Waals surface area (Å²) >= 11 is 0. The highest BCUT2D eigenvalue weighted by molar-refractivity contribution is 5.40. The predicted octanol–water partition coefficient (Wildman–Crippen LogP) is 1.59. The molecule has 0 aromatic heterocycles. The molecule has 2 heterocycles. The number of ether oxygens (including phenoxy) is 3. The fraction of sp³-hybridized carbons (Fsp3) is 0.571. The van der Waals surface area contributed by atoms with Gasteiger partial charge < -0.3 is 19.5 Å². The molecule has 98 valence electrons. The highest BCUT2D eigenvalue weighted by Gasteiger charge is 2.26. The maximum atomic E-state index is 5.90. The van der Waals surface area contributed by atoms with Gasteiger partial charge in [-0.2, -0.15) is 0 Å². The summed E-state index contributed by atoms with van der Waals surface area (Å²) in [5, 5.41) is 3.50. The summed E-state index contributed by atoms with van der Waals surface area (Å²) in [6.07, 6.45) is 1.44. The van der Waals surface area contributed by atoms with Gasteiger partial charge in [0.2, 0.25) is 0 Å². The summed E-state index contributed by atoms with van der Waals surface area (Å²) in [5.74, 6) is 1.68. The molecule has 0 radical (unpaired) electrons. The van der Waals surface area contributed by atoms with Crippen LogP contribution < -0.4 is 14.8 Å². The molecule has 0 amide bonds. The summed E-state index contributed by atoms with van der Waals surface area (Å²) in [6, 6.07) is 8.24. The van der Waals surface area contributed by atoms with Crippen LogP contribution in [0.5, 0.6) is 11.5 Å². The second-order valence-corrected chi connectivity index (χ2v) is 4.88. The van der Waals surface area contributed by atoms with Crippen molar-refractivity contribution in [2.45, 2.75) is 31.6 Å². The third-order valence-corrected chi connectivity index (χ3v) is 3.55. The van der Waals surface area contributed by atoms with Crippen LogP contribution in [0.4, 0.5) is 0 Å². The number of hydrogen-bond acceptors (Lipinski definition) is 4. The van der Waals surface area contributed by atoms with Crippen molar-refractivity contribution in [3.8, 4) is 11.5 Å². The lowest BCUT2D eigenvalue weighted by atomic mass is 10.1. The van der Waals surface area contributed by atoms with Crippen molar-refractivity contribution >= 4 is 0 Å². The maximum Gasteiger partial charge on any atom is 0.161 e. The molecule has 18 heavy (non-hydrogen) atoms. The second-order valence-electron chi connectivity index (χ2n) is 4.88. The molecule has 0 bridgehead atoms. The minimum Gasteiger partial charge on any atom is -0.486 e. The van der Waals surface area contributed by atoms with Crippen molar-refractivity contribution in [3.05, 3.63) is 24.3 Å². The van der Waals surface area contributed by atoms with Crippen LogP contribution in [0.25, 0.3) is 0 Å². The van der Waals surface area contributed by atoms with Crippen molar-refractivity contribution in [1.29, 1.82) is 0 Å². The minimum absolute atomic E-state index is 0.0766. The molecule has 1 fully saturated rings. The zero-order chi connectivity index (χ0) is 12.4. The molecular formula is C14H19NO3. The number of para-hydroxylation sites is 2. The normalized spacial score (nSPS) is 30.4. The van der Waals surface area contributed by atoms with Crippen LogP contribution in [0.15, 0.2) is 24.3 Å². The molecule has 0 saturated carbocycles. The molecular weight excluding hydrogens is 230 g/mol. The Kier molecular flexibility index (Phi) is 3.39. The Hall–Kier alpha value is -1.26. The van der Waals surface area contributed by atoms with Gasteiger partial charge >= 0.3 is 0 Å². The predicted molar refractivity (Wildman–Crippen MR) is 68.2 cm³/mol. The van der Waals surface area contributed by atoms with Gasteiger partial charge in [-0.1, -0.05) is 12.1 Å². The molecule has 4 nitrogen and oxygen atoms in total. The van der Waals surface area contributed by atoms with Gasteiger partial charge in [0.05, 0.1) is 6.10 Å². The van der Waals surface area contributed by atoms with E-state index in [1.54, 1.807) is 0 Å². The SMILES string of the molecule is CC1OCCC1NCC1COc2ccccc2O1. The summed E-state index contributed by atoms with van der Waals surface area (Å²) in [6.45, 7) is 4.36. The van der Waals surface area contributed by atoms with E-state index in [0.717, 1.165) is 31.1 Å². The Labute approximate surface area is 107 Å². The van der Waals surface area contributed by atoms with Crippen LogP contribution in [-0.2, 0) is 4.74 Å². The van der Waals surface area contributed by atoms with Gasteiger partial charge in [-0.05, 0) is 25.5 Å². The average molecular weight is 249 g/mol. The standard InChI is InChI=1S/C14H19NO3/c1-10-12(6-7-16-10)15-8-11-9-17-13-4-2-3-5-14(13)18-11/h2-5,10-12,15H,6-9H2,1H3. The van der Waals surface area contributed by atoms with Crippen LogP contribution >= 0.6 is 0 Å². The van der Waals surface area contributed by atoms with Gasteiger partial charge in [0, 0.05) is 19.2 Å². The lowest BCUT2D eigenvalue weighted by molar-refractivity contribution is 0.0800. The Morgan fingerprint density at radius 2 is 2.11 bits per heavy atom. The van der Waals surface area contributed by atoms with E-state index in [4.69, 9.17) is 14.2 Å². The molecule has 3 atom stereocenters. The van der Waals surface area contributed by atoms with E-state index < -0.39 is 0 Å². The molecule has 1 saturated heterocycles. The van der Waals surface area contributed by atoms with Gasteiger partial charge in [0.15, 0.2) is 11.5 Å². The smallest absolute Gasteiger partial charge is 0.161 e. The van der Waals surface area contributed by atoms with E-state index in [9.17, 15) is 0 Å². The highest BCUT2D eigenvalue weighted by Crippen LogP contribution is 2.30. The first-order chi connectivity index (χ1) is 8.83. The van der Waals surface area contributed by atoms with E-state index in [1.165, 1.54) is 0 Å². The molecule has 4 heteroatoms. The van der Waals surface area contributed by atoms with E-state index in [1.807, 2.05) is 24.3 Å². The Bertz CT molecular complexity index is 410. The fourth-order valence-corrected chi connectivity index (χ4v) is 2.45. The molecule has 0 aliphatic carbocycles. The third kappa shape index (κ3) is 2.44. The van der Waals surface area contributed by atoms with Crippen LogP contribution in [-0.4, -0.2) is 38.0 Å². The first-order valence-electron chi connectivity index (χ1n) is 6.56. The van der Waals surface area contributed by atoms with Crippen LogP contribution in [0, 0.1) is 0 Å². The second kappa shape index (κ2) is 5.16. The van der Waals surface area contributed by atoms with Crippen LogP contribution in [0.2, 0.25) is 0 Å². The highest BCUT2D eigenvalue weighted by atomic mass is 16.6. The molecule has 2 aliphatic heterocycles. The molecule has 3 rings (SSSR count). The maximum absolute atomic E-state index is 5.90. The largest absolute Gasteiger partial charge is 0.486 e. The van der Waals surface area contributed by atoms with Crippen molar-refractivity contribution < 1.29 is 14.2 Å². The van der Waals surface area contributed by atoms with E-state index in [2.05, 4.69) is 12.2 Å². The number of hydrogen-bond donors (Lipinski definition) is 1. The quantitative estimate of drug-likeness (QED) is 0.883. The Balaban J connectivity index is 1.53. The number of fused-ring (bicyclic) bond motifs is 1. The zero-order valence-electron chi connectivity index (χ0n) is 10.6. The molecule has 0 spiro atoms. The average Bonchev–Trinajstić information content (AvgIpc) is 2.82. The summed E-state index contributed by atoms with van der Waals surface area (Å²) in [4.78, 5) is 0. The molecule has 2 aliphatic rings. The van der Waals surface area contributed by atoms with Crippen LogP contribution in [0.1, 0.15) is 13.3 Å². The first-order valence-corrected chi connectivity index (χ1v) is 6.56. The monoisotopic (exact) mass is 249 g/mol. The lowest BCUT2D eigenvalue weighted by Crippen LogP contribution is -2.44. The van der Waals surface area contributed by atoms with Crippen LogP contribution in [0.3, 0.4) is 0 Å². The summed E-state index contributed by atoms with van der Waals surface area (Å²) in [7, 11) is 0. The van der Waals surface area contributed by atoms with Gasteiger partial charge in [0.25, 0.3) is 0 Å². The minimum atomic E-state index is 0.0766. The van der Waals surface area contributed by atoms with Gasteiger partial charge in [-0.25, -0.2) is 0 Å². The van der Waals surface area contributed by atoms with Gasteiger partial charge in [0.1, 0.15) is 12.7 Å². The third-order valence-electron chi connectivity index (χ3n) is 3.55. The molecule has 1 aromatic carbocycles. The molecule has 1 N–H and O–H groups in total. The number of benzene rings is 1.